The molecule has 2 saturated carbocycles. The van der Waals surface area contributed by atoms with Gasteiger partial charge in [0.15, 0.2) is 0 Å². The van der Waals surface area contributed by atoms with Crippen LogP contribution in [-0.2, 0) is 4.79 Å². The molecule has 3 nitrogen and oxygen atoms in total. The maximum Gasteiger partial charge on any atom is 0.224 e. The maximum atomic E-state index is 12.4. The molecule has 18 heavy (non-hydrogen) atoms. The summed E-state index contributed by atoms with van der Waals surface area (Å²) in [4.78, 5) is 12.9. The average Bonchev–Trinajstić information content (AvgIpc) is 2.76. The minimum atomic E-state index is -0.396. The third-order valence-corrected chi connectivity index (χ3v) is 5.13. The number of carbonyl (C=O) groups excluding carboxylic acids is 1. The van der Waals surface area contributed by atoms with Crippen LogP contribution >= 0.6 is 12.2 Å². The van der Waals surface area contributed by atoms with Crippen molar-refractivity contribution in [3.05, 3.63) is 0 Å². The molecule has 2 aliphatic rings. The first-order valence-electron chi connectivity index (χ1n) is 7.17. The molecule has 2 atom stereocenters. The molecule has 0 spiro atoms. The Morgan fingerprint density at radius 3 is 2.39 bits per heavy atom. The molecule has 0 aromatic carbocycles. The molecule has 0 heterocycles. The molecule has 2 unspecified atom stereocenters. The molecule has 0 saturated heterocycles. The highest BCUT2D eigenvalue weighted by atomic mass is 32.1. The van der Waals surface area contributed by atoms with E-state index in [1.54, 1.807) is 0 Å². The lowest BCUT2D eigenvalue weighted by atomic mass is 9.81. The number of nitrogens with one attached hydrogen (secondary N) is 1. The first-order chi connectivity index (χ1) is 8.55. The number of hydrogen-bond donors (Lipinski definition) is 2. The van der Waals surface area contributed by atoms with Gasteiger partial charge in [-0.05, 0) is 31.6 Å². The number of nitrogens with two attached hydrogens (primary N) is 1. The van der Waals surface area contributed by atoms with E-state index in [0.717, 1.165) is 38.5 Å². The third-order valence-electron chi connectivity index (χ3n) is 4.74. The summed E-state index contributed by atoms with van der Waals surface area (Å²) in [6, 6.07) is 0. The van der Waals surface area contributed by atoms with Crippen molar-refractivity contribution in [2.24, 2.45) is 17.6 Å². The molecule has 0 aromatic heterocycles. The highest BCUT2D eigenvalue weighted by Gasteiger charge is 2.39. The topological polar surface area (TPSA) is 55.1 Å². The predicted molar refractivity (Wildman–Crippen MR) is 77.2 cm³/mol. The summed E-state index contributed by atoms with van der Waals surface area (Å²) in [5, 5.41) is 3.20. The number of thiocarbonyl (C=S) groups is 1. The fourth-order valence-corrected chi connectivity index (χ4v) is 3.71. The lowest BCUT2D eigenvalue weighted by Gasteiger charge is -2.38. The Hall–Kier alpha value is -0.640. The first-order valence-corrected chi connectivity index (χ1v) is 7.58. The van der Waals surface area contributed by atoms with Crippen LogP contribution < -0.4 is 11.1 Å². The van der Waals surface area contributed by atoms with Crippen LogP contribution in [0.1, 0.15) is 58.3 Å². The summed E-state index contributed by atoms with van der Waals surface area (Å²) in [6.45, 7) is 2.17. The van der Waals surface area contributed by atoms with Crippen molar-refractivity contribution in [1.82, 2.24) is 5.32 Å². The van der Waals surface area contributed by atoms with Crippen LogP contribution in [0, 0.1) is 11.8 Å². The zero-order valence-corrected chi connectivity index (χ0v) is 12.0. The number of amides is 1. The van der Waals surface area contributed by atoms with Crippen molar-refractivity contribution < 1.29 is 4.79 Å². The highest BCUT2D eigenvalue weighted by Crippen LogP contribution is 2.34. The highest BCUT2D eigenvalue weighted by molar-refractivity contribution is 7.80. The van der Waals surface area contributed by atoms with Gasteiger partial charge in [0.25, 0.3) is 0 Å². The molecule has 0 aromatic rings. The number of rotatable bonds is 3. The second-order valence-corrected chi connectivity index (χ2v) is 6.45. The summed E-state index contributed by atoms with van der Waals surface area (Å²) in [5.41, 5.74) is 5.50. The van der Waals surface area contributed by atoms with Gasteiger partial charge in [-0.1, -0.05) is 44.8 Å². The van der Waals surface area contributed by atoms with E-state index < -0.39 is 5.54 Å². The monoisotopic (exact) mass is 268 g/mol. The van der Waals surface area contributed by atoms with Gasteiger partial charge in [-0.15, -0.1) is 0 Å². The van der Waals surface area contributed by atoms with Gasteiger partial charge in [0, 0.05) is 5.92 Å². The molecule has 3 N–H and O–H groups in total. The molecule has 102 valence electrons. The van der Waals surface area contributed by atoms with Crippen molar-refractivity contribution in [3.63, 3.8) is 0 Å². The summed E-state index contributed by atoms with van der Waals surface area (Å²) in [5.74, 6) is 0.838. The Balaban J connectivity index is 2.04. The van der Waals surface area contributed by atoms with Gasteiger partial charge in [0.1, 0.15) is 0 Å². The van der Waals surface area contributed by atoms with Crippen molar-refractivity contribution in [2.45, 2.75) is 63.8 Å². The van der Waals surface area contributed by atoms with E-state index in [1.807, 2.05) is 0 Å². The molecular formula is C14H24N2OS. The molecule has 2 rings (SSSR count). The van der Waals surface area contributed by atoms with Gasteiger partial charge in [-0.25, -0.2) is 0 Å². The van der Waals surface area contributed by atoms with Crippen LogP contribution in [0.4, 0.5) is 0 Å². The Kier molecular flexibility index (Phi) is 4.25. The van der Waals surface area contributed by atoms with E-state index in [2.05, 4.69) is 12.2 Å². The lowest BCUT2D eigenvalue weighted by molar-refractivity contribution is -0.127. The summed E-state index contributed by atoms with van der Waals surface area (Å²) < 4.78 is 0. The van der Waals surface area contributed by atoms with Gasteiger partial charge in [-0.3, -0.25) is 4.79 Å². The zero-order valence-electron chi connectivity index (χ0n) is 11.2. The fraction of sp³-hybridized carbons (Fsp3) is 0.857. The van der Waals surface area contributed by atoms with Crippen LogP contribution in [-0.4, -0.2) is 16.4 Å². The molecule has 1 amide bonds. The van der Waals surface area contributed by atoms with Gasteiger partial charge < -0.3 is 11.1 Å². The molecule has 2 aliphatic carbocycles. The second-order valence-electron chi connectivity index (χ2n) is 6.01. The maximum absolute atomic E-state index is 12.4. The van der Waals surface area contributed by atoms with Crippen molar-refractivity contribution >= 4 is 23.1 Å². The van der Waals surface area contributed by atoms with E-state index in [4.69, 9.17) is 18.0 Å². The Bertz CT molecular complexity index is 337. The second kappa shape index (κ2) is 5.55. The predicted octanol–water partition coefficient (Wildman–Crippen LogP) is 2.53. The molecule has 0 aliphatic heterocycles. The quantitative estimate of drug-likeness (QED) is 0.773. The van der Waals surface area contributed by atoms with E-state index in [1.165, 1.54) is 12.8 Å². The number of carbonyl (C=O) groups is 1. The largest absolute Gasteiger partial charge is 0.391 e. The third kappa shape index (κ3) is 2.68. The SMILES string of the molecule is CC1CCCC1C(=O)NC1(C(N)=S)CCCCC1. The standard InChI is InChI=1S/C14H24N2OS/c1-10-6-5-7-11(10)12(17)16-14(13(15)18)8-3-2-4-9-14/h10-11H,2-9H2,1H3,(H2,15,18)(H,16,17). The van der Waals surface area contributed by atoms with Crippen LogP contribution in [0.25, 0.3) is 0 Å². The first kappa shape index (κ1) is 13.8. The van der Waals surface area contributed by atoms with Gasteiger partial charge >= 0.3 is 0 Å². The average molecular weight is 268 g/mol. The van der Waals surface area contributed by atoms with Crippen LogP contribution in [0.3, 0.4) is 0 Å². The fourth-order valence-electron chi connectivity index (χ4n) is 3.45. The lowest BCUT2D eigenvalue weighted by Crippen LogP contribution is -2.59. The minimum Gasteiger partial charge on any atom is -0.391 e. The number of hydrogen-bond acceptors (Lipinski definition) is 2. The van der Waals surface area contributed by atoms with Crippen LogP contribution in [0.15, 0.2) is 0 Å². The van der Waals surface area contributed by atoms with Gasteiger partial charge in [-0.2, -0.15) is 0 Å². The Labute approximate surface area is 115 Å². The minimum absolute atomic E-state index is 0.165. The van der Waals surface area contributed by atoms with Crippen LogP contribution in [0.2, 0.25) is 0 Å². The van der Waals surface area contributed by atoms with Crippen molar-refractivity contribution in [1.29, 1.82) is 0 Å². The smallest absolute Gasteiger partial charge is 0.224 e. The molecule has 0 radical (unpaired) electrons. The van der Waals surface area contributed by atoms with Crippen LogP contribution in [0.5, 0.6) is 0 Å². The van der Waals surface area contributed by atoms with Gasteiger partial charge in [0.05, 0.1) is 10.5 Å². The summed E-state index contributed by atoms with van der Waals surface area (Å²) >= 11 is 5.21. The summed E-state index contributed by atoms with van der Waals surface area (Å²) in [7, 11) is 0. The van der Waals surface area contributed by atoms with E-state index in [9.17, 15) is 4.79 Å². The van der Waals surface area contributed by atoms with E-state index in [-0.39, 0.29) is 11.8 Å². The molecular weight excluding hydrogens is 244 g/mol. The van der Waals surface area contributed by atoms with Crippen molar-refractivity contribution in [2.75, 3.05) is 0 Å². The van der Waals surface area contributed by atoms with E-state index in [0.29, 0.717) is 10.9 Å². The molecule has 0 bridgehead atoms. The Morgan fingerprint density at radius 1 is 1.22 bits per heavy atom. The molecule has 4 heteroatoms. The van der Waals surface area contributed by atoms with Gasteiger partial charge in [0.2, 0.25) is 5.91 Å². The summed E-state index contributed by atoms with van der Waals surface area (Å²) in [6.07, 6.45) is 8.61. The van der Waals surface area contributed by atoms with Crippen molar-refractivity contribution in [3.8, 4) is 0 Å². The molecule has 2 fully saturated rings. The Morgan fingerprint density at radius 2 is 1.89 bits per heavy atom. The van der Waals surface area contributed by atoms with E-state index >= 15 is 0 Å². The zero-order chi connectivity index (χ0) is 13.2. The normalized spacial score (nSPS) is 30.9.